The zero-order valence-corrected chi connectivity index (χ0v) is 18.9. The molecule has 3 aromatic carbocycles. The van der Waals surface area contributed by atoms with E-state index in [2.05, 4.69) is 62.8 Å². The van der Waals surface area contributed by atoms with Crippen LogP contribution in [0.5, 0.6) is 0 Å². The molecule has 3 nitrogen and oxygen atoms in total. The number of rotatable bonds is 1. The number of imide groups is 1. The van der Waals surface area contributed by atoms with Gasteiger partial charge in [-0.15, -0.1) is 0 Å². The molecule has 0 spiro atoms. The van der Waals surface area contributed by atoms with Gasteiger partial charge in [-0.3, -0.25) is 9.59 Å². The molecule has 3 aromatic rings. The lowest BCUT2D eigenvalue weighted by Gasteiger charge is -2.51. The van der Waals surface area contributed by atoms with Gasteiger partial charge in [-0.05, 0) is 57.0 Å². The summed E-state index contributed by atoms with van der Waals surface area (Å²) in [5, 5.41) is 0. The summed E-state index contributed by atoms with van der Waals surface area (Å²) in [4.78, 5) is 29.0. The van der Waals surface area contributed by atoms with E-state index in [9.17, 15) is 9.59 Å². The Hall–Kier alpha value is -1.99. The highest BCUT2D eigenvalue weighted by Gasteiger charge is 2.67. The van der Waals surface area contributed by atoms with Crippen LogP contribution in [0.1, 0.15) is 28.2 Å². The number of anilines is 1. The van der Waals surface area contributed by atoms with Gasteiger partial charge in [0.15, 0.2) is 0 Å². The van der Waals surface area contributed by atoms with E-state index in [1.807, 2.05) is 48.5 Å². The zero-order valence-electron chi connectivity index (χ0n) is 15.2. The third-order valence-corrected chi connectivity index (χ3v) is 8.87. The maximum atomic E-state index is 13.8. The van der Waals surface area contributed by atoms with Crippen molar-refractivity contribution in [2.24, 2.45) is 11.8 Å². The van der Waals surface area contributed by atoms with Gasteiger partial charge in [0.2, 0.25) is 11.8 Å². The molecule has 29 heavy (non-hydrogen) atoms. The Morgan fingerprint density at radius 1 is 0.793 bits per heavy atom. The van der Waals surface area contributed by atoms with E-state index in [0.717, 1.165) is 25.8 Å². The van der Waals surface area contributed by atoms with E-state index in [4.69, 9.17) is 0 Å². The Morgan fingerprint density at radius 2 is 1.34 bits per heavy atom. The SMILES string of the molecule is O=C1[C@@H]2C3c4ccccc4C(Br)(c4ccccc43)[C@@H]2C(=O)N1c1ccccc1I. The van der Waals surface area contributed by atoms with Gasteiger partial charge in [-0.25, -0.2) is 4.90 Å². The summed E-state index contributed by atoms with van der Waals surface area (Å²) >= 11 is 6.22. The molecule has 7 rings (SSSR count). The fraction of sp³-hybridized carbons (Fsp3) is 0.167. The van der Waals surface area contributed by atoms with E-state index in [0.29, 0.717) is 5.69 Å². The van der Waals surface area contributed by atoms with Crippen LogP contribution in [0, 0.1) is 15.4 Å². The van der Waals surface area contributed by atoms with Crippen LogP contribution >= 0.6 is 38.5 Å². The molecule has 1 saturated heterocycles. The molecule has 5 heteroatoms. The summed E-state index contributed by atoms with van der Waals surface area (Å²) in [5.74, 6) is -1.17. The third-order valence-electron chi connectivity index (χ3n) is 6.61. The molecule has 2 atom stereocenters. The van der Waals surface area contributed by atoms with Crippen LogP contribution in [-0.4, -0.2) is 11.8 Å². The van der Waals surface area contributed by atoms with Crippen LogP contribution in [-0.2, 0) is 13.9 Å². The molecular formula is C24H15BrINO2. The predicted molar refractivity (Wildman–Crippen MR) is 123 cm³/mol. The molecular weight excluding hydrogens is 541 g/mol. The first-order valence-electron chi connectivity index (χ1n) is 9.55. The van der Waals surface area contributed by atoms with Crippen molar-refractivity contribution in [1.82, 2.24) is 0 Å². The maximum absolute atomic E-state index is 13.8. The second kappa shape index (κ2) is 6.01. The molecule has 3 aliphatic carbocycles. The average Bonchev–Trinajstić information content (AvgIpc) is 3.01. The predicted octanol–water partition coefficient (Wildman–Crippen LogP) is 5.19. The number of hydrogen-bond acceptors (Lipinski definition) is 2. The average molecular weight is 556 g/mol. The zero-order chi connectivity index (χ0) is 19.9. The van der Waals surface area contributed by atoms with Crippen LogP contribution in [0.4, 0.5) is 5.69 Å². The van der Waals surface area contributed by atoms with Gasteiger partial charge in [-0.2, -0.15) is 0 Å². The minimum absolute atomic E-state index is 0.0954. The summed E-state index contributed by atoms with van der Waals surface area (Å²) < 4.78 is 0.206. The molecule has 0 radical (unpaired) electrons. The van der Waals surface area contributed by atoms with Crippen molar-refractivity contribution in [3.8, 4) is 0 Å². The molecule has 0 N–H and O–H groups in total. The first-order valence-corrected chi connectivity index (χ1v) is 11.4. The lowest BCUT2D eigenvalue weighted by atomic mass is 9.55. The third kappa shape index (κ3) is 2.07. The smallest absolute Gasteiger partial charge is 0.239 e. The summed E-state index contributed by atoms with van der Waals surface area (Å²) in [6, 6.07) is 24.1. The molecule has 0 unspecified atom stereocenters. The van der Waals surface area contributed by atoms with Crippen LogP contribution in [0.15, 0.2) is 72.8 Å². The van der Waals surface area contributed by atoms with Crippen LogP contribution < -0.4 is 4.90 Å². The van der Waals surface area contributed by atoms with Gasteiger partial charge >= 0.3 is 0 Å². The summed E-state index contributed by atoms with van der Waals surface area (Å²) in [5.41, 5.74) is 5.19. The van der Waals surface area contributed by atoms with Gasteiger partial charge < -0.3 is 0 Å². The molecule has 2 amide bonds. The van der Waals surface area contributed by atoms with Crippen molar-refractivity contribution in [2.75, 3.05) is 4.90 Å². The molecule has 142 valence electrons. The number of hydrogen-bond donors (Lipinski definition) is 0. The number of alkyl halides is 1. The van der Waals surface area contributed by atoms with E-state index >= 15 is 0 Å². The topological polar surface area (TPSA) is 37.4 Å². The number of benzene rings is 3. The monoisotopic (exact) mass is 555 g/mol. The van der Waals surface area contributed by atoms with Gasteiger partial charge in [0, 0.05) is 9.49 Å². The minimum Gasteiger partial charge on any atom is -0.274 e. The second-order valence-corrected chi connectivity index (χ2v) is 10.2. The second-order valence-electron chi connectivity index (χ2n) is 7.83. The quantitative estimate of drug-likeness (QED) is 0.235. The lowest BCUT2D eigenvalue weighted by Crippen LogP contribution is -2.50. The normalized spacial score (nSPS) is 28.9. The van der Waals surface area contributed by atoms with Gasteiger partial charge in [0.1, 0.15) is 0 Å². The lowest BCUT2D eigenvalue weighted by molar-refractivity contribution is -0.122. The number of para-hydroxylation sites is 1. The Morgan fingerprint density at radius 3 is 1.97 bits per heavy atom. The molecule has 2 bridgehead atoms. The molecule has 0 saturated carbocycles. The Bertz CT molecular complexity index is 1180. The van der Waals surface area contributed by atoms with Crippen molar-refractivity contribution in [2.45, 2.75) is 10.2 Å². The van der Waals surface area contributed by atoms with Crippen molar-refractivity contribution in [3.05, 3.63) is 98.6 Å². The van der Waals surface area contributed by atoms with Crippen molar-refractivity contribution in [1.29, 1.82) is 0 Å². The maximum Gasteiger partial charge on any atom is 0.239 e. The Labute approximate surface area is 190 Å². The number of carbonyl (C=O) groups excluding carboxylic acids is 2. The summed E-state index contributed by atoms with van der Waals surface area (Å²) in [6.45, 7) is 0. The van der Waals surface area contributed by atoms with Gasteiger partial charge in [-0.1, -0.05) is 76.6 Å². The van der Waals surface area contributed by atoms with Crippen molar-refractivity contribution >= 4 is 56.0 Å². The Balaban J connectivity index is 1.64. The highest BCUT2D eigenvalue weighted by atomic mass is 127. The van der Waals surface area contributed by atoms with E-state index in [1.165, 1.54) is 4.90 Å². The molecule has 1 aliphatic heterocycles. The highest BCUT2D eigenvalue weighted by Crippen LogP contribution is 2.66. The summed E-state index contributed by atoms with van der Waals surface area (Å²) in [6.07, 6.45) is 0. The minimum atomic E-state index is -0.693. The number of carbonyl (C=O) groups is 2. The highest BCUT2D eigenvalue weighted by molar-refractivity contribution is 14.1. The van der Waals surface area contributed by atoms with Crippen LogP contribution in [0.2, 0.25) is 0 Å². The number of nitrogens with zero attached hydrogens (tertiary/aromatic N) is 1. The van der Waals surface area contributed by atoms with Gasteiger partial charge in [0.05, 0.1) is 21.8 Å². The first kappa shape index (κ1) is 17.8. The van der Waals surface area contributed by atoms with E-state index < -0.39 is 16.2 Å². The largest absolute Gasteiger partial charge is 0.274 e. The van der Waals surface area contributed by atoms with E-state index in [-0.39, 0.29) is 17.7 Å². The van der Waals surface area contributed by atoms with Crippen molar-refractivity contribution < 1.29 is 9.59 Å². The molecule has 1 heterocycles. The number of amides is 2. The Kier molecular flexibility index (Phi) is 3.70. The fourth-order valence-electron chi connectivity index (χ4n) is 5.55. The van der Waals surface area contributed by atoms with Crippen molar-refractivity contribution in [3.63, 3.8) is 0 Å². The number of halogens is 2. The fourth-order valence-corrected chi connectivity index (χ4v) is 7.38. The van der Waals surface area contributed by atoms with Crippen LogP contribution in [0.25, 0.3) is 0 Å². The molecule has 4 aliphatic rings. The van der Waals surface area contributed by atoms with E-state index in [1.54, 1.807) is 0 Å². The molecule has 0 aromatic heterocycles. The first-order chi connectivity index (χ1) is 14.0. The molecule has 1 fully saturated rings. The summed E-state index contributed by atoms with van der Waals surface area (Å²) in [7, 11) is 0. The standard InChI is InChI=1S/C24H15BrINO2/c25-24-15-9-3-1-7-13(15)19(14-8-2-4-10-16(14)24)20-21(24)23(29)27(22(20)28)18-12-6-5-11-17(18)26/h1-12,19-21H/t19?,20-,21+,24?/m1/s1. The van der Waals surface area contributed by atoms with Crippen LogP contribution in [0.3, 0.4) is 0 Å². The van der Waals surface area contributed by atoms with Gasteiger partial charge in [0.25, 0.3) is 0 Å².